The molecule has 1 aromatic rings. The summed E-state index contributed by atoms with van der Waals surface area (Å²) in [7, 11) is 0. The van der Waals surface area contributed by atoms with Crippen LogP contribution < -0.4 is 4.90 Å². The first-order valence-electron chi connectivity index (χ1n) is 6.35. The van der Waals surface area contributed by atoms with E-state index in [1.54, 1.807) is 0 Å². The average Bonchev–Trinajstić information content (AvgIpc) is 2.54. The molecule has 0 amide bonds. The number of halogens is 1. The normalized spacial score (nSPS) is 21.4. The largest absolute Gasteiger partial charge is 0.392 e. The highest BCUT2D eigenvalue weighted by Crippen LogP contribution is 2.27. The van der Waals surface area contributed by atoms with Gasteiger partial charge >= 0.3 is 0 Å². The van der Waals surface area contributed by atoms with Crippen LogP contribution >= 0.6 is 15.9 Å². The molecular weight excluding hydrogens is 278 g/mol. The molecule has 1 atom stereocenters. The van der Waals surface area contributed by atoms with Crippen LogP contribution in [-0.4, -0.2) is 18.2 Å². The third-order valence-electron chi connectivity index (χ3n) is 3.59. The van der Waals surface area contributed by atoms with Gasteiger partial charge in [-0.1, -0.05) is 28.9 Å². The Morgan fingerprint density at radius 3 is 2.88 bits per heavy atom. The third-order valence-corrected chi connectivity index (χ3v) is 4.33. The van der Waals surface area contributed by atoms with Crippen molar-refractivity contribution in [2.24, 2.45) is 5.92 Å². The number of hydrogen-bond donors (Lipinski definition) is 1. The van der Waals surface area contributed by atoms with E-state index in [1.807, 2.05) is 6.07 Å². The van der Waals surface area contributed by atoms with Crippen LogP contribution in [0.2, 0.25) is 0 Å². The van der Waals surface area contributed by atoms with Crippen molar-refractivity contribution in [3.05, 3.63) is 28.2 Å². The number of aliphatic hydroxyl groups excluding tert-OH is 1. The van der Waals surface area contributed by atoms with Gasteiger partial charge in [-0.05, 0) is 42.9 Å². The summed E-state index contributed by atoms with van der Waals surface area (Å²) >= 11 is 3.52. The van der Waals surface area contributed by atoms with E-state index in [0.29, 0.717) is 0 Å². The minimum Gasteiger partial charge on any atom is -0.392 e. The molecule has 0 spiro atoms. The maximum Gasteiger partial charge on any atom is 0.0692 e. The molecule has 3 heteroatoms. The minimum absolute atomic E-state index is 0.0951. The Balaban J connectivity index is 2.13. The number of aliphatic hydroxyl groups is 1. The fourth-order valence-corrected chi connectivity index (χ4v) is 2.87. The molecular formula is C14H20BrNO. The molecule has 1 aromatic carbocycles. The van der Waals surface area contributed by atoms with Gasteiger partial charge in [0.1, 0.15) is 0 Å². The van der Waals surface area contributed by atoms with Gasteiger partial charge in [-0.25, -0.2) is 0 Å². The number of hydrogen-bond acceptors (Lipinski definition) is 2. The van der Waals surface area contributed by atoms with E-state index in [1.165, 1.54) is 24.9 Å². The van der Waals surface area contributed by atoms with Gasteiger partial charge in [0.25, 0.3) is 0 Å². The molecule has 0 aromatic heterocycles. The fourth-order valence-electron chi connectivity index (χ4n) is 2.38. The Morgan fingerprint density at radius 2 is 2.18 bits per heavy atom. The van der Waals surface area contributed by atoms with Gasteiger partial charge in [0.05, 0.1) is 6.61 Å². The van der Waals surface area contributed by atoms with Crippen LogP contribution in [0, 0.1) is 5.92 Å². The summed E-state index contributed by atoms with van der Waals surface area (Å²) in [4.78, 5) is 2.45. The maximum absolute atomic E-state index is 9.16. The lowest BCUT2D eigenvalue weighted by atomic mass is 10.0. The van der Waals surface area contributed by atoms with E-state index in [4.69, 9.17) is 5.11 Å². The monoisotopic (exact) mass is 297 g/mol. The second kappa shape index (κ2) is 5.87. The lowest BCUT2D eigenvalue weighted by molar-refractivity contribution is 0.281. The third kappa shape index (κ3) is 3.23. The van der Waals surface area contributed by atoms with Crippen molar-refractivity contribution in [1.29, 1.82) is 0 Å². The Kier molecular flexibility index (Phi) is 4.46. The molecule has 1 N–H and O–H groups in total. The molecule has 1 aliphatic heterocycles. The van der Waals surface area contributed by atoms with Crippen LogP contribution in [-0.2, 0) is 6.61 Å². The summed E-state index contributed by atoms with van der Waals surface area (Å²) in [6.07, 6.45) is 3.90. The molecule has 0 radical (unpaired) electrons. The van der Waals surface area contributed by atoms with Crippen LogP contribution in [0.1, 0.15) is 31.7 Å². The number of rotatable bonds is 2. The highest BCUT2D eigenvalue weighted by atomic mass is 79.9. The van der Waals surface area contributed by atoms with Gasteiger partial charge in [-0.3, -0.25) is 0 Å². The molecule has 1 heterocycles. The van der Waals surface area contributed by atoms with E-state index in [2.05, 4.69) is 39.9 Å². The maximum atomic E-state index is 9.16. The number of anilines is 1. The van der Waals surface area contributed by atoms with Gasteiger partial charge in [0.15, 0.2) is 0 Å². The zero-order chi connectivity index (χ0) is 12.3. The molecule has 0 bridgehead atoms. The van der Waals surface area contributed by atoms with Crippen molar-refractivity contribution < 1.29 is 5.11 Å². The molecule has 0 aliphatic carbocycles. The molecule has 94 valence electrons. The highest BCUT2D eigenvalue weighted by Gasteiger charge is 2.14. The Bertz CT molecular complexity index is 380. The molecule has 1 unspecified atom stereocenters. The van der Waals surface area contributed by atoms with Gasteiger partial charge in [-0.15, -0.1) is 0 Å². The minimum atomic E-state index is 0.0951. The molecule has 0 saturated carbocycles. The summed E-state index contributed by atoms with van der Waals surface area (Å²) in [5.74, 6) is 0.847. The van der Waals surface area contributed by atoms with Crippen molar-refractivity contribution in [2.75, 3.05) is 18.0 Å². The van der Waals surface area contributed by atoms with Crippen molar-refractivity contribution in [2.45, 2.75) is 32.8 Å². The molecule has 17 heavy (non-hydrogen) atoms. The molecule has 1 aliphatic rings. The zero-order valence-corrected chi connectivity index (χ0v) is 11.9. The summed E-state index contributed by atoms with van der Waals surface area (Å²) in [6.45, 7) is 4.73. The van der Waals surface area contributed by atoms with Gasteiger partial charge < -0.3 is 10.0 Å². The number of nitrogens with zero attached hydrogens (tertiary/aromatic N) is 1. The van der Waals surface area contributed by atoms with Crippen LogP contribution in [0.15, 0.2) is 22.7 Å². The lowest BCUT2D eigenvalue weighted by Gasteiger charge is -2.23. The first-order valence-corrected chi connectivity index (χ1v) is 7.14. The summed E-state index contributed by atoms with van der Waals surface area (Å²) in [6, 6.07) is 6.25. The molecule has 2 rings (SSSR count). The number of benzene rings is 1. The van der Waals surface area contributed by atoms with Crippen molar-refractivity contribution in [1.82, 2.24) is 0 Å². The Labute approximate surface area is 112 Å². The van der Waals surface area contributed by atoms with E-state index in [9.17, 15) is 0 Å². The molecule has 1 saturated heterocycles. The van der Waals surface area contributed by atoms with Crippen LogP contribution in [0.5, 0.6) is 0 Å². The summed E-state index contributed by atoms with van der Waals surface area (Å²) < 4.78 is 1.01. The van der Waals surface area contributed by atoms with Crippen LogP contribution in [0.25, 0.3) is 0 Å². The first-order chi connectivity index (χ1) is 8.20. The Morgan fingerprint density at radius 1 is 1.35 bits per heavy atom. The van der Waals surface area contributed by atoms with E-state index in [-0.39, 0.29) is 6.61 Å². The predicted octanol–water partition coefficient (Wildman–Crippen LogP) is 3.57. The van der Waals surface area contributed by atoms with Crippen molar-refractivity contribution in [3.63, 3.8) is 0 Å². The smallest absolute Gasteiger partial charge is 0.0692 e. The molecule has 1 fully saturated rings. The van der Waals surface area contributed by atoms with E-state index >= 15 is 0 Å². The van der Waals surface area contributed by atoms with Crippen molar-refractivity contribution >= 4 is 21.6 Å². The molecule has 2 nitrogen and oxygen atoms in total. The second-order valence-electron chi connectivity index (χ2n) is 4.96. The van der Waals surface area contributed by atoms with E-state index in [0.717, 1.165) is 29.0 Å². The van der Waals surface area contributed by atoms with Gasteiger partial charge in [0, 0.05) is 23.2 Å². The topological polar surface area (TPSA) is 23.5 Å². The fraction of sp³-hybridized carbons (Fsp3) is 0.571. The van der Waals surface area contributed by atoms with Crippen molar-refractivity contribution in [3.8, 4) is 0 Å². The average molecular weight is 298 g/mol. The predicted molar refractivity (Wildman–Crippen MR) is 75.3 cm³/mol. The quantitative estimate of drug-likeness (QED) is 0.902. The van der Waals surface area contributed by atoms with Gasteiger partial charge in [0.2, 0.25) is 0 Å². The van der Waals surface area contributed by atoms with Crippen LogP contribution in [0.3, 0.4) is 0 Å². The van der Waals surface area contributed by atoms with E-state index < -0.39 is 0 Å². The standard InChI is InChI=1S/C14H20BrNO/c1-11-3-2-7-16(8-6-11)13-5-4-12(10-17)14(15)9-13/h4-5,9,11,17H,2-3,6-8,10H2,1H3. The Hall–Kier alpha value is -0.540. The SMILES string of the molecule is CC1CCCN(c2ccc(CO)c(Br)c2)CC1. The summed E-state index contributed by atoms with van der Waals surface area (Å²) in [5.41, 5.74) is 2.22. The zero-order valence-electron chi connectivity index (χ0n) is 10.3. The van der Waals surface area contributed by atoms with Crippen LogP contribution in [0.4, 0.5) is 5.69 Å². The van der Waals surface area contributed by atoms with Gasteiger partial charge in [-0.2, -0.15) is 0 Å². The lowest BCUT2D eigenvalue weighted by Crippen LogP contribution is -2.24. The second-order valence-corrected chi connectivity index (χ2v) is 5.81. The first kappa shape index (κ1) is 12.9. The highest BCUT2D eigenvalue weighted by molar-refractivity contribution is 9.10. The summed E-state index contributed by atoms with van der Waals surface area (Å²) in [5, 5.41) is 9.16.